The lowest BCUT2D eigenvalue weighted by Gasteiger charge is -2.14. The number of methoxy groups -OCH3 is 1. The predicted molar refractivity (Wildman–Crippen MR) is 112 cm³/mol. The number of anilines is 1. The molecule has 0 bridgehead atoms. The minimum absolute atomic E-state index is 0.185. The molecule has 3 aromatic rings. The number of carbonyl (C=O) groups excluding carboxylic acids is 1. The van der Waals surface area contributed by atoms with Gasteiger partial charge in [-0.25, -0.2) is 4.79 Å². The first-order valence-electron chi connectivity index (χ1n) is 9.11. The number of benzene rings is 1. The van der Waals surface area contributed by atoms with Crippen LogP contribution in [-0.2, 0) is 17.9 Å². The van der Waals surface area contributed by atoms with E-state index in [0.717, 1.165) is 18.4 Å². The Kier molecular flexibility index (Phi) is 5.99. The first-order chi connectivity index (χ1) is 13.5. The molecule has 0 aliphatic heterocycles. The third kappa shape index (κ3) is 3.87. The number of aryl methyl sites for hydroxylation is 1. The molecule has 0 fully saturated rings. The largest absolute Gasteiger partial charge is 0.495 e. The van der Waals surface area contributed by atoms with Gasteiger partial charge in [0.15, 0.2) is 0 Å². The van der Waals surface area contributed by atoms with E-state index in [0.29, 0.717) is 28.2 Å². The van der Waals surface area contributed by atoms with E-state index in [1.807, 2.05) is 26.0 Å². The van der Waals surface area contributed by atoms with Crippen molar-refractivity contribution in [3.8, 4) is 5.75 Å². The van der Waals surface area contributed by atoms with Crippen molar-refractivity contribution in [3.05, 3.63) is 56.0 Å². The number of carbonyl (C=O) groups is 1. The lowest BCUT2D eigenvalue weighted by molar-refractivity contribution is -0.116. The van der Waals surface area contributed by atoms with E-state index in [-0.39, 0.29) is 18.0 Å². The fourth-order valence-electron chi connectivity index (χ4n) is 3.05. The number of unbranched alkanes of at least 4 members (excludes halogenated alkanes) is 1. The van der Waals surface area contributed by atoms with Gasteiger partial charge in [-0.15, -0.1) is 11.3 Å². The number of fused-ring (bicyclic) bond motifs is 1. The van der Waals surface area contributed by atoms with Crippen molar-refractivity contribution in [2.24, 2.45) is 0 Å². The maximum atomic E-state index is 12.9. The number of hydrogen-bond acceptors (Lipinski definition) is 5. The van der Waals surface area contributed by atoms with E-state index >= 15 is 0 Å². The maximum Gasteiger partial charge on any atom is 0.332 e. The van der Waals surface area contributed by atoms with Gasteiger partial charge in [0, 0.05) is 6.54 Å². The Bertz CT molecular complexity index is 1130. The van der Waals surface area contributed by atoms with Gasteiger partial charge < -0.3 is 10.1 Å². The molecule has 0 saturated carbocycles. The van der Waals surface area contributed by atoms with Gasteiger partial charge in [-0.1, -0.05) is 19.4 Å². The molecule has 0 radical (unpaired) electrons. The highest BCUT2D eigenvalue weighted by atomic mass is 32.1. The van der Waals surface area contributed by atoms with Gasteiger partial charge in [-0.05, 0) is 42.5 Å². The third-order valence-corrected chi connectivity index (χ3v) is 5.39. The third-order valence-electron chi connectivity index (χ3n) is 4.50. The molecule has 0 spiro atoms. The Balaban J connectivity index is 1.97. The first kappa shape index (κ1) is 19.9. The number of aromatic nitrogens is 2. The van der Waals surface area contributed by atoms with Crippen LogP contribution in [0.4, 0.5) is 5.69 Å². The number of amides is 1. The highest BCUT2D eigenvalue weighted by Crippen LogP contribution is 2.25. The molecule has 7 nitrogen and oxygen atoms in total. The van der Waals surface area contributed by atoms with Crippen molar-refractivity contribution in [1.29, 1.82) is 0 Å². The SMILES string of the molecule is CCCCn1c(=O)c2sccc2n(CC(=O)Nc2cc(C)ccc2OC)c1=O. The minimum Gasteiger partial charge on any atom is -0.495 e. The summed E-state index contributed by atoms with van der Waals surface area (Å²) >= 11 is 1.28. The number of ether oxygens (including phenoxy) is 1. The molecule has 28 heavy (non-hydrogen) atoms. The van der Waals surface area contributed by atoms with Crippen molar-refractivity contribution < 1.29 is 9.53 Å². The van der Waals surface area contributed by atoms with E-state index in [4.69, 9.17) is 4.74 Å². The normalized spacial score (nSPS) is 11.0. The maximum absolute atomic E-state index is 12.9. The molecule has 8 heteroatoms. The smallest absolute Gasteiger partial charge is 0.332 e. The molecular weight excluding hydrogens is 378 g/mol. The molecule has 0 aliphatic rings. The lowest BCUT2D eigenvalue weighted by Crippen LogP contribution is -2.41. The molecule has 1 amide bonds. The van der Waals surface area contributed by atoms with Crippen LogP contribution >= 0.6 is 11.3 Å². The van der Waals surface area contributed by atoms with Crippen molar-refractivity contribution in [3.63, 3.8) is 0 Å². The van der Waals surface area contributed by atoms with Crippen LogP contribution in [0.15, 0.2) is 39.2 Å². The molecule has 0 atom stereocenters. The van der Waals surface area contributed by atoms with Crippen LogP contribution in [0.5, 0.6) is 5.75 Å². The van der Waals surface area contributed by atoms with Crippen LogP contribution in [0, 0.1) is 6.92 Å². The zero-order chi connectivity index (χ0) is 20.3. The number of nitrogens with one attached hydrogen (secondary N) is 1. The summed E-state index contributed by atoms with van der Waals surface area (Å²) < 4.78 is 8.35. The monoisotopic (exact) mass is 401 g/mol. The zero-order valence-corrected chi connectivity index (χ0v) is 17.0. The average Bonchev–Trinajstić information content (AvgIpc) is 3.15. The molecule has 0 saturated heterocycles. The minimum atomic E-state index is -0.462. The van der Waals surface area contributed by atoms with Crippen LogP contribution in [0.25, 0.3) is 10.2 Å². The summed E-state index contributed by atoms with van der Waals surface area (Å²) in [6.07, 6.45) is 1.58. The topological polar surface area (TPSA) is 82.3 Å². The highest BCUT2D eigenvalue weighted by molar-refractivity contribution is 7.17. The van der Waals surface area contributed by atoms with E-state index in [9.17, 15) is 14.4 Å². The molecule has 0 aliphatic carbocycles. The predicted octanol–water partition coefficient (Wildman–Crippen LogP) is 2.98. The van der Waals surface area contributed by atoms with Crippen LogP contribution in [0.3, 0.4) is 0 Å². The number of nitrogens with zero attached hydrogens (tertiary/aromatic N) is 2. The van der Waals surface area contributed by atoms with Gasteiger partial charge in [0.05, 0.1) is 18.3 Å². The van der Waals surface area contributed by atoms with Gasteiger partial charge >= 0.3 is 5.69 Å². The second kappa shape index (κ2) is 8.43. The first-order valence-corrected chi connectivity index (χ1v) is 9.99. The van der Waals surface area contributed by atoms with Crippen molar-refractivity contribution >= 4 is 33.1 Å². The molecule has 1 N–H and O–H groups in total. The Morgan fingerprint density at radius 2 is 2.00 bits per heavy atom. The molecule has 2 heterocycles. The number of rotatable bonds is 7. The second-order valence-corrected chi connectivity index (χ2v) is 7.48. The van der Waals surface area contributed by atoms with Crippen molar-refractivity contribution in [1.82, 2.24) is 9.13 Å². The summed E-state index contributed by atoms with van der Waals surface area (Å²) in [6, 6.07) is 7.17. The molecule has 3 rings (SSSR count). The van der Waals surface area contributed by atoms with Crippen LogP contribution in [-0.4, -0.2) is 22.2 Å². The van der Waals surface area contributed by atoms with Gasteiger partial charge in [0.2, 0.25) is 5.91 Å². The summed E-state index contributed by atoms with van der Waals surface area (Å²) in [5, 5.41) is 4.56. The standard InChI is InChI=1S/C20H23N3O4S/c1-4-5-9-22-19(25)18-15(8-10-28-18)23(20(22)26)12-17(24)21-14-11-13(2)6-7-16(14)27-3/h6-8,10-11H,4-5,9,12H2,1-3H3,(H,21,24). The van der Waals surface area contributed by atoms with Crippen molar-refractivity contribution in [2.45, 2.75) is 39.8 Å². The second-order valence-electron chi connectivity index (χ2n) is 6.57. The van der Waals surface area contributed by atoms with Crippen LogP contribution in [0.2, 0.25) is 0 Å². The van der Waals surface area contributed by atoms with Crippen molar-refractivity contribution in [2.75, 3.05) is 12.4 Å². The number of hydrogen-bond donors (Lipinski definition) is 1. The van der Waals surface area contributed by atoms with Gasteiger partial charge in [0.1, 0.15) is 17.0 Å². The summed E-state index contributed by atoms with van der Waals surface area (Å²) in [7, 11) is 1.53. The van der Waals surface area contributed by atoms with E-state index in [1.165, 1.54) is 27.6 Å². The Morgan fingerprint density at radius 1 is 1.21 bits per heavy atom. The lowest BCUT2D eigenvalue weighted by atomic mass is 10.2. The Morgan fingerprint density at radius 3 is 2.71 bits per heavy atom. The average molecular weight is 401 g/mol. The quantitative estimate of drug-likeness (QED) is 0.660. The van der Waals surface area contributed by atoms with Crippen LogP contribution < -0.4 is 21.3 Å². The van der Waals surface area contributed by atoms with Gasteiger partial charge in [0.25, 0.3) is 5.56 Å². The summed E-state index contributed by atoms with van der Waals surface area (Å²) in [5.74, 6) is 0.180. The summed E-state index contributed by atoms with van der Waals surface area (Å²) in [5.41, 5.74) is 1.25. The molecule has 1 aromatic carbocycles. The highest BCUT2D eigenvalue weighted by Gasteiger charge is 2.17. The molecular formula is C20H23N3O4S. The van der Waals surface area contributed by atoms with E-state index in [2.05, 4.69) is 5.32 Å². The van der Waals surface area contributed by atoms with Crippen LogP contribution in [0.1, 0.15) is 25.3 Å². The number of thiophene rings is 1. The molecule has 2 aromatic heterocycles. The Hall–Kier alpha value is -2.87. The fourth-order valence-corrected chi connectivity index (χ4v) is 3.90. The zero-order valence-electron chi connectivity index (χ0n) is 16.2. The van der Waals surface area contributed by atoms with Gasteiger partial charge in [-0.3, -0.25) is 18.7 Å². The Labute approximate surface area is 166 Å². The molecule has 148 valence electrons. The van der Waals surface area contributed by atoms with E-state index < -0.39 is 5.69 Å². The summed E-state index contributed by atoms with van der Waals surface area (Å²) in [4.78, 5) is 38.2. The summed E-state index contributed by atoms with van der Waals surface area (Å²) in [6.45, 7) is 4.07. The fraction of sp³-hybridized carbons (Fsp3) is 0.350. The van der Waals surface area contributed by atoms with Gasteiger partial charge in [-0.2, -0.15) is 0 Å². The molecule has 0 unspecified atom stereocenters. The van der Waals surface area contributed by atoms with E-state index in [1.54, 1.807) is 17.5 Å².